The quantitative estimate of drug-likeness (QED) is 0.409. The maximum atomic E-state index is 13.2. The van der Waals surface area contributed by atoms with Crippen LogP contribution in [-0.2, 0) is 14.3 Å². The molecule has 1 aromatic heterocycles. The minimum Gasteiger partial charge on any atom is -0.456 e. The second-order valence-corrected chi connectivity index (χ2v) is 4.88. The van der Waals surface area contributed by atoms with E-state index in [0.29, 0.717) is 5.95 Å². The minimum absolute atomic E-state index is 0.0158. The summed E-state index contributed by atoms with van der Waals surface area (Å²) in [7, 11) is 0. The van der Waals surface area contributed by atoms with E-state index >= 15 is 0 Å². The number of halogens is 1. The van der Waals surface area contributed by atoms with Gasteiger partial charge in [0.2, 0.25) is 11.8 Å². The molecule has 0 aliphatic heterocycles. The zero-order chi connectivity index (χ0) is 18.9. The van der Waals surface area contributed by atoms with Gasteiger partial charge in [-0.25, -0.2) is 9.97 Å². The molecule has 0 saturated carbocycles. The van der Waals surface area contributed by atoms with E-state index in [0.717, 1.165) is 18.2 Å². The fraction of sp³-hybridized carbons (Fsp3) is 0.200. The standard InChI is InChI=1S/C15H14FN5O5/c16-11-3-2-10(8-12(11)21(24)25)20-13(22)9-26-14(23)4-7-19-15-17-5-1-6-18-15/h1-3,5-6,8H,4,7,9H2,(H,20,22)(H,17,18,19). The Kier molecular flexibility index (Phi) is 6.48. The molecule has 10 nitrogen and oxygen atoms in total. The van der Waals surface area contributed by atoms with Gasteiger partial charge in [0.25, 0.3) is 5.91 Å². The molecule has 0 atom stereocenters. The second kappa shape index (κ2) is 9.01. The van der Waals surface area contributed by atoms with Crippen LogP contribution in [-0.4, -0.2) is 39.9 Å². The third kappa shape index (κ3) is 5.78. The van der Waals surface area contributed by atoms with Gasteiger partial charge in [0.1, 0.15) is 0 Å². The SMILES string of the molecule is O=C(COC(=O)CCNc1ncccn1)Nc1ccc(F)c([N+](=O)[O-])c1. The van der Waals surface area contributed by atoms with Crippen LogP contribution in [0.15, 0.2) is 36.7 Å². The highest BCUT2D eigenvalue weighted by Crippen LogP contribution is 2.21. The first kappa shape index (κ1) is 18.7. The molecule has 0 aliphatic rings. The number of rotatable bonds is 8. The second-order valence-electron chi connectivity index (χ2n) is 4.88. The van der Waals surface area contributed by atoms with E-state index in [1.807, 2.05) is 0 Å². The highest BCUT2D eigenvalue weighted by molar-refractivity contribution is 5.93. The molecule has 26 heavy (non-hydrogen) atoms. The maximum absolute atomic E-state index is 13.2. The molecular formula is C15H14FN5O5. The number of nitro groups is 1. The average molecular weight is 363 g/mol. The smallest absolute Gasteiger partial charge is 0.308 e. The summed E-state index contributed by atoms with van der Waals surface area (Å²) < 4.78 is 18.0. The lowest BCUT2D eigenvalue weighted by Gasteiger charge is -2.07. The van der Waals surface area contributed by atoms with Gasteiger partial charge in [-0.05, 0) is 18.2 Å². The van der Waals surface area contributed by atoms with E-state index in [1.54, 1.807) is 6.07 Å². The highest BCUT2D eigenvalue weighted by atomic mass is 19.1. The van der Waals surface area contributed by atoms with Gasteiger partial charge in [0, 0.05) is 30.7 Å². The Morgan fingerprint density at radius 2 is 2.00 bits per heavy atom. The Labute approximate surface area is 146 Å². The van der Waals surface area contributed by atoms with Gasteiger partial charge in [0.15, 0.2) is 6.61 Å². The van der Waals surface area contributed by atoms with Crippen molar-refractivity contribution in [2.45, 2.75) is 6.42 Å². The first-order valence-corrected chi connectivity index (χ1v) is 7.36. The number of ether oxygens (including phenoxy) is 1. The predicted molar refractivity (Wildman–Crippen MR) is 87.8 cm³/mol. The Hall–Kier alpha value is -3.63. The number of esters is 1. The van der Waals surface area contributed by atoms with Gasteiger partial charge >= 0.3 is 11.7 Å². The van der Waals surface area contributed by atoms with Crippen LogP contribution >= 0.6 is 0 Å². The van der Waals surface area contributed by atoms with Crippen molar-refractivity contribution in [1.29, 1.82) is 0 Å². The molecule has 1 heterocycles. The van der Waals surface area contributed by atoms with Crippen LogP contribution in [0.4, 0.5) is 21.7 Å². The van der Waals surface area contributed by atoms with Crippen molar-refractivity contribution in [3.63, 3.8) is 0 Å². The summed E-state index contributed by atoms with van der Waals surface area (Å²) in [6.07, 6.45) is 3.06. The number of benzene rings is 1. The van der Waals surface area contributed by atoms with Gasteiger partial charge in [-0.2, -0.15) is 4.39 Å². The number of nitrogens with zero attached hydrogens (tertiary/aromatic N) is 3. The monoisotopic (exact) mass is 363 g/mol. The van der Waals surface area contributed by atoms with Gasteiger partial charge in [-0.15, -0.1) is 0 Å². The van der Waals surface area contributed by atoms with Crippen LogP contribution in [0.5, 0.6) is 0 Å². The van der Waals surface area contributed by atoms with E-state index in [1.165, 1.54) is 12.4 Å². The molecule has 11 heteroatoms. The number of hydrogen-bond acceptors (Lipinski definition) is 8. The molecule has 0 fully saturated rings. The van der Waals surface area contributed by atoms with Crippen LogP contribution in [0.25, 0.3) is 0 Å². The molecule has 0 unspecified atom stereocenters. The third-order valence-electron chi connectivity index (χ3n) is 2.97. The maximum Gasteiger partial charge on any atom is 0.308 e. The molecule has 0 spiro atoms. The lowest BCUT2D eigenvalue weighted by molar-refractivity contribution is -0.387. The third-order valence-corrected chi connectivity index (χ3v) is 2.97. The molecule has 0 bridgehead atoms. The van der Waals surface area contributed by atoms with E-state index in [4.69, 9.17) is 4.74 Å². The van der Waals surface area contributed by atoms with Crippen LogP contribution in [0.3, 0.4) is 0 Å². The summed E-state index contributed by atoms with van der Waals surface area (Å²) in [4.78, 5) is 40.8. The first-order valence-electron chi connectivity index (χ1n) is 7.36. The summed E-state index contributed by atoms with van der Waals surface area (Å²) in [5.74, 6) is -2.00. The first-order chi connectivity index (χ1) is 12.5. The number of hydrogen-bond donors (Lipinski definition) is 2. The largest absolute Gasteiger partial charge is 0.456 e. The molecule has 2 rings (SSSR count). The summed E-state index contributed by atoms with van der Waals surface area (Å²) in [5.41, 5.74) is -0.754. The Bertz CT molecular complexity index is 802. The molecule has 1 aromatic carbocycles. The highest BCUT2D eigenvalue weighted by Gasteiger charge is 2.15. The normalized spacial score (nSPS) is 10.0. The number of nitrogens with one attached hydrogen (secondary N) is 2. The minimum atomic E-state index is -1.02. The molecule has 1 amide bonds. The summed E-state index contributed by atoms with van der Waals surface area (Å²) >= 11 is 0. The Morgan fingerprint density at radius 3 is 2.69 bits per heavy atom. The molecule has 0 saturated heterocycles. The van der Waals surface area contributed by atoms with E-state index in [2.05, 4.69) is 20.6 Å². The topological polar surface area (TPSA) is 136 Å². The van der Waals surface area contributed by atoms with Crippen LogP contribution in [0.1, 0.15) is 6.42 Å². The lowest BCUT2D eigenvalue weighted by Crippen LogP contribution is -2.22. The predicted octanol–water partition coefficient (Wildman–Crippen LogP) is 1.51. The molecule has 0 aliphatic carbocycles. The van der Waals surface area contributed by atoms with Gasteiger partial charge in [0.05, 0.1) is 11.3 Å². The van der Waals surface area contributed by atoms with Crippen molar-refractivity contribution in [2.24, 2.45) is 0 Å². The fourth-order valence-electron chi connectivity index (χ4n) is 1.81. The fourth-order valence-corrected chi connectivity index (χ4v) is 1.81. The van der Waals surface area contributed by atoms with Crippen molar-refractivity contribution >= 4 is 29.2 Å². The molecular weight excluding hydrogens is 349 g/mol. The zero-order valence-electron chi connectivity index (χ0n) is 13.3. The van der Waals surface area contributed by atoms with Crippen molar-refractivity contribution < 1.29 is 23.6 Å². The van der Waals surface area contributed by atoms with Crippen LogP contribution < -0.4 is 10.6 Å². The Morgan fingerprint density at radius 1 is 1.27 bits per heavy atom. The summed E-state index contributed by atoms with van der Waals surface area (Å²) in [6.45, 7) is -0.361. The molecule has 2 aromatic rings. The number of carbonyl (C=O) groups excluding carboxylic acids is 2. The summed E-state index contributed by atoms with van der Waals surface area (Å²) in [6, 6.07) is 4.54. The number of aromatic nitrogens is 2. The molecule has 2 N–H and O–H groups in total. The van der Waals surface area contributed by atoms with E-state index < -0.39 is 34.9 Å². The number of nitro benzene ring substituents is 1. The number of anilines is 2. The average Bonchev–Trinajstić information content (AvgIpc) is 2.62. The lowest BCUT2D eigenvalue weighted by atomic mass is 10.2. The van der Waals surface area contributed by atoms with Crippen LogP contribution in [0, 0.1) is 15.9 Å². The van der Waals surface area contributed by atoms with Crippen molar-refractivity contribution in [1.82, 2.24) is 9.97 Å². The van der Waals surface area contributed by atoms with E-state index in [-0.39, 0.29) is 18.7 Å². The van der Waals surface area contributed by atoms with Gasteiger partial charge < -0.3 is 15.4 Å². The zero-order valence-corrected chi connectivity index (χ0v) is 13.3. The van der Waals surface area contributed by atoms with Crippen molar-refractivity contribution in [3.05, 3.63) is 52.6 Å². The molecule has 0 radical (unpaired) electrons. The Balaban J connectivity index is 1.73. The number of carbonyl (C=O) groups is 2. The summed E-state index contributed by atoms with van der Waals surface area (Å²) in [5, 5.41) is 15.7. The van der Waals surface area contributed by atoms with Gasteiger partial charge in [-0.3, -0.25) is 19.7 Å². The van der Waals surface area contributed by atoms with Crippen molar-refractivity contribution in [3.8, 4) is 0 Å². The van der Waals surface area contributed by atoms with Crippen molar-refractivity contribution in [2.75, 3.05) is 23.8 Å². The van der Waals surface area contributed by atoms with Crippen LogP contribution in [0.2, 0.25) is 0 Å². The number of amides is 1. The van der Waals surface area contributed by atoms with E-state index in [9.17, 15) is 24.1 Å². The molecule has 136 valence electrons. The van der Waals surface area contributed by atoms with Gasteiger partial charge in [-0.1, -0.05) is 0 Å².